The quantitative estimate of drug-likeness (QED) is 0.336. The van der Waals surface area contributed by atoms with Gasteiger partial charge in [-0.2, -0.15) is 13.2 Å². The molecular formula is C23H45F3. The van der Waals surface area contributed by atoms with Gasteiger partial charge in [0.2, 0.25) is 0 Å². The average molecular weight is 379 g/mol. The summed E-state index contributed by atoms with van der Waals surface area (Å²) in [7, 11) is 0. The lowest BCUT2D eigenvalue weighted by atomic mass is 9.68. The highest BCUT2D eigenvalue weighted by Gasteiger charge is 2.36. The van der Waals surface area contributed by atoms with Gasteiger partial charge >= 0.3 is 6.18 Å². The zero-order chi connectivity index (χ0) is 20.8. The van der Waals surface area contributed by atoms with Gasteiger partial charge in [0.1, 0.15) is 0 Å². The van der Waals surface area contributed by atoms with E-state index in [9.17, 15) is 13.2 Å². The smallest absolute Gasteiger partial charge is 0.171 e. The maximum absolute atomic E-state index is 12.7. The number of rotatable bonds is 11. The van der Waals surface area contributed by atoms with Crippen LogP contribution in [0.2, 0.25) is 0 Å². The molecule has 0 aromatic rings. The molecule has 0 aliphatic rings. The molecule has 0 saturated heterocycles. The molecule has 0 N–H and O–H groups in total. The molecule has 26 heavy (non-hydrogen) atoms. The van der Waals surface area contributed by atoms with E-state index < -0.39 is 18.0 Å². The first-order valence-corrected chi connectivity index (χ1v) is 10.5. The van der Waals surface area contributed by atoms with Crippen molar-refractivity contribution >= 4 is 0 Å². The van der Waals surface area contributed by atoms with Gasteiger partial charge in [-0.1, -0.05) is 81.6 Å². The highest BCUT2D eigenvalue weighted by atomic mass is 19.4. The highest BCUT2D eigenvalue weighted by Crippen LogP contribution is 2.42. The molecule has 0 nitrogen and oxygen atoms in total. The molecule has 0 rings (SSSR count). The molecule has 0 radical (unpaired) electrons. The molecule has 0 aliphatic carbocycles. The second-order valence-electron chi connectivity index (χ2n) is 11.4. The molecule has 0 saturated carbocycles. The first kappa shape index (κ1) is 25.8. The molecule has 0 fully saturated rings. The van der Waals surface area contributed by atoms with E-state index in [2.05, 4.69) is 48.5 Å². The van der Waals surface area contributed by atoms with Crippen LogP contribution in [-0.4, -0.2) is 6.18 Å². The third-order valence-corrected chi connectivity index (χ3v) is 5.94. The Bertz CT molecular complexity index is 385. The van der Waals surface area contributed by atoms with Gasteiger partial charge in [-0.25, -0.2) is 0 Å². The number of hydrogen-bond donors (Lipinski definition) is 0. The Kier molecular flexibility index (Phi) is 9.75. The Morgan fingerprint density at radius 2 is 1.35 bits per heavy atom. The second-order valence-corrected chi connectivity index (χ2v) is 11.4. The number of halogens is 3. The van der Waals surface area contributed by atoms with Crippen molar-refractivity contribution in [1.29, 1.82) is 0 Å². The normalized spacial score (nSPS) is 16.6. The molecule has 0 aromatic carbocycles. The first-order chi connectivity index (χ1) is 11.5. The van der Waals surface area contributed by atoms with Gasteiger partial charge < -0.3 is 0 Å². The lowest BCUT2D eigenvalue weighted by Crippen LogP contribution is -2.27. The second kappa shape index (κ2) is 9.82. The summed E-state index contributed by atoms with van der Waals surface area (Å²) in [4.78, 5) is 0. The van der Waals surface area contributed by atoms with Gasteiger partial charge in [-0.05, 0) is 53.8 Å². The van der Waals surface area contributed by atoms with Gasteiger partial charge in [0.25, 0.3) is 0 Å². The monoisotopic (exact) mass is 378 g/mol. The van der Waals surface area contributed by atoms with E-state index in [0.717, 1.165) is 19.3 Å². The fourth-order valence-electron chi connectivity index (χ4n) is 4.45. The molecule has 3 heteroatoms. The average Bonchev–Trinajstić information content (AvgIpc) is 2.37. The summed E-state index contributed by atoms with van der Waals surface area (Å²) in [6.45, 7) is 19.7. The summed E-state index contributed by atoms with van der Waals surface area (Å²) in [6, 6.07) is 0. The Balaban J connectivity index is 4.56. The molecule has 0 bridgehead atoms. The minimum absolute atomic E-state index is 0.250. The molecule has 0 amide bonds. The predicted molar refractivity (Wildman–Crippen MR) is 108 cm³/mol. The van der Waals surface area contributed by atoms with Crippen LogP contribution in [0.1, 0.15) is 114 Å². The van der Waals surface area contributed by atoms with Crippen molar-refractivity contribution in [3.05, 3.63) is 0 Å². The topological polar surface area (TPSA) is 0 Å². The molecule has 158 valence electrons. The van der Waals surface area contributed by atoms with Crippen molar-refractivity contribution in [1.82, 2.24) is 0 Å². The molecule has 2 atom stereocenters. The Morgan fingerprint density at radius 3 is 1.77 bits per heavy atom. The van der Waals surface area contributed by atoms with Crippen molar-refractivity contribution in [2.75, 3.05) is 0 Å². The lowest BCUT2D eigenvalue weighted by molar-refractivity contribution is -0.155. The van der Waals surface area contributed by atoms with E-state index in [4.69, 9.17) is 0 Å². The molecular weight excluding hydrogens is 333 g/mol. The minimum Gasteiger partial charge on any atom is -0.171 e. The van der Waals surface area contributed by atoms with Crippen molar-refractivity contribution in [3.63, 3.8) is 0 Å². The van der Waals surface area contributed by atoms with Crippen LogP contribution in [-0.2, 0) is 0 Å². The lowest BCUT2D eigenvalue weighted by Gasteiger charge is -2.37. The van der Waals surface area contributed by atoms with Crippen LogP contribution >= 0.6 is 0 Å². The number of alkyl halides is 3. The molecule has 0 aliphatic heterocycles. The third-order valence-electron chi connectivity index (χ3n) is 5.94. The van der Waals surface area contributed by atoms with Crippen molar-refractivity contribution in [2.24, 2.45) is 28.1 Å². The first-order valence-electron chi connectivity index (χ1n) is 10.5. The van der Waals surface area contributed by atoms with Crippen molar-refractivity contribution in [2.45, 2.75) is 120 Å². The van der Waals surface area contributed by atoms with Gasteiger partial charge in [0.15, 0.2) is 0 Å². The van der Waals surface area contributed by atoms with Crippen LogP contribution < -0.4 is 0 Å². The number of hydrogen-bond acceptors (Lipinski definition) is 0. The van der Waals surface area contributed by atoms with Crippen molar-refractivity contribution in [3.8, 4) is 0 Å². The van der Waals surface area contributed by atoms with E-state index in [1.165, 1.54) is 19.3 Å². The summed E-state index contributed by atoms with van der Waals surface area (Å²) < 4.78 is 38.1. The molecule has 2 unspecified atom stereocenters. The molecule has 0 heterocycles. The van der Waals surface area contributed by atoms with Crippen LogP contribution in [0.25, 0.3) is 0 Å². The van der Waals surface area contributed by atoms with Crippen LogP contribution in [0, 0.1) is 28.1 Å². The van der Waals surface area contributed by atoms with Crippen LogP contribution in [0.5, 0.6) is 0 Å². The summed E-state index contributed by atoms with van der Waals surface area (Å²) >= 11 is 0. The SMILES string of the molecule is CCC(CCCC(C)(C)CC(F)(F)F)C(C)(C)CC(C)CCC(C)(C)C. The fourth-order valence-corrected chi connectivity index (χ4v) is 4.45. The largest absolute Gasteiger partial charge is 0.389 e. The maximum atomic E-state index is 12.7. The molecule has 0 aromatic heterocycles. The summed E-state index contributed by atoms with van der Waals surface area (Å²) in [6.07, 6.45) is 2.65. The predicted octanol–water partition coefficient (Wildman–Crippen LogP) is 9.04. The van der Waals surface area contributed by atoms with E-state index in [1.807, 2.05) is 0 Å². The van der Waals surface area contributed by atoms with Gasteiger partial charge in [0.05, 0.1) is 0 Å². The van der Waals surface area contributed by atoms with Crippen molar-refractivity contribution < 1.29 is 13.2 Å². The van der Waals surface area contributed by atoms with Gasteiger partial charge in [-0.15, -0.1) is 0 Å². The Labute approximate surface area is 161 Å². The van der Waals surface area contributed by atoms with E-state index in [-0.39, 0.29) is 5.41 Å². The maximum Gasteiger partial charge on any atom is 0.389 e. The van der Waals surface area contributed by atoms with E-state index in [0.29, 0.717) is 23.7 Å². The summed E-state index contributed by atoms with van der Waals surface area (Å²) in [5.41, 5.74) is -0.0203. The third kappa shape index (κ3) is 12.2. The Morgan fingerprint density at radius 1 is 0.808 bits per heavy atom. The summed E-state index contributed by atoms with van der Waals surface area (Å²) in [5.74, 6) is 1.28. The van der Waals surface area contributed by atoms with Crippen LogP contribution in [0.4, 0.5) is 13.2 Å². The van der Waals surface area contributed by atoms with Gasteiger partial charge in [-0.3, -0.25) is 0 Å². The standard InChI is InChI=1S/C23H45F3/c1-10-19(12-11-14-21(6,7)17-23(24,25)26)22(8,9)16-18(2)13-15-20(3,4)5/h18-19H,10-17H2,1-9H3. The highest BCUT2D eigenvalue weighted by molar-refractivity contribution is 4.81. The van der Waals surface area contributed by atoms with Crippen LogP contribution in [0.15, 0.2) is 0 Å². The van der Waals surface area contributed by atoms with E-state index in [1.54, 1.807) is 13.8 Å². The van der Waals surface area contributed by atoms with E-state index >= 15 is 0 Å². The van der Waals surface area contributed by atoms with Gasteiger partial charge in [0, 0.05) is 6.42 Å². The molecule has 0 spiro atoms. The zero-order valence-electron chi connectivity index (χ0n) is 18.9. The fraction of sp³-hybridized carbons (Fsp3) is 1.00. The minimum atomic E-state index is -4.06. The van der Waals surface area contributed by atoms with Crippen LogP contribution in [0.3, 0.4) is 0 Å². The zero-order valence-corrected chi connectivity index (χ0v) is 18.9. The Hall–Kier alpha value is -0.210. The summed E-state index contributed by atoms with van der Waals surface area (Å²) in [5, 5.41) is 0.